The second kappa shape index (κ2) is 16.4. The Bertz CT molecular complexity index is 2090. The second-order valence-corrected chi connectivity index (χ2v) is 13.7. The van der Waals surface area contributed by atoms with Gasteiger partial charge in [0.1, 0.15) is 24.2 Å². The first-order valence-corrected chi connectivity index (χ1v) is 18.3. The fourth-order valence-corrected chi connectivity index (χ4v) is 6.43. The van der Waals surface area contributed by atoms with Crippen LogP contribution in [0.25, 0.3) is 0 Å². The van der Waals surface area contributed by atoms with Gasteiger partial charge in [-0.3, -0.25) is 0 Å². The van der Waals surface area contributed by atoms with Crippen LogP contribution in [0.15, 0.2) is 176 Å². The van der Waals surface area contributed by atoms with Gasteiger partial charge in [0.15, 0.2) is 0 Å². The number of anilines is 6. The molecule has 7 rings (SSSR count). The van der Waals surface area contributed by atoms with Crippen LogP contribution in [0, 0.1) is 27.7 Å². The summed E-state index contributed by atoms with van der Waals surface area (Å²) >= 11 is 0. The van der Waals surface area contributed by atoms with Crippen molar-refractivity contribution in [2.24, 2.45) is 0 Å². The number of rotatable bonds is 13. The summed E-state index contributed by atoms with van der Waals surface area (Å²) in [6.07, 6.45) is 0.513. The molecule has 0 fully saturated rings. The first kappa shape index (κ1) is 35.2. The fraction of sp³-hybridized carbons (Fsp3) is 0.143. The van der Waals surface area contributed by atoms with Gasteiger partial charge in [0.05, 0.1) is 0 Å². The highest BCUT2D eigenvalue weighted by molar-refractivity contribution is 5.78. The number of benzene rings is 7. The minimum absolute atomic E-state index is 0.204. The van der Waals surface area contributed by atoms with Gasteiger partial charge in [0.2, 0.25) is 0 Å². The lowest BCUT2D eigenvalue weighted by molar-refractivity contribution is 0.128. The minimum atomic E-state index is -0.204. The predicted octanol–water partition coefficient (Wildman–Crippen LogP) is 12.9. The minimum Gasteiger partial charge on any atom is -0.490 e. The van der Waals surface area contributed by atoms with E-state index in [9.17, 15) is 0 Å². The van der Waals surface area contributed by atoms with Crippen LogP contribution in [0.5, 0.6) is 11.5 Å². The van der Waals surface area contributed by atoms with Gasteiger partial charge in [0, 0.05) is 40.5 Å². The average Bonchev–Trinajstić information content (AvgIpc) is 3.18. The van der Waals surface area contributed by atoms with E-state index in [4.69, 9.17) is 9.47 Å². The van der Waals surface area contributed by atoms with Crippen molar-refractivity contribution in [1.29, 1.82) is 0 Å². The van der Waals surface area contributed by atoms with E-state index in [1.165, 1.54) is 27.8 Å². The molecule has 0 N–H and O–H groups in total. The Labute approximate surface area is 314 Å². The molecule has 0 saturated carbocycles. The molecule has 1 unspecified atom stereocenters. The highest BCUT2D eigenvalue weighted by Crippen LogP contribution is 2.37. The maximum Gasteiger partial charge on any atom is 0.137 e. The third-order valence-electron chi connectivity index (χ3n) is 9.40. The van der Waals surface area contributed by atoms with Crippen LogP contribution in [-0.2, 0) is 6.42 Å². The Hall–Kier alpha value is -6.26. The molecule has 0 amide bonds. The maximum absolute atomic E-state index is 6.66. The molecule has 0 radical (unpaired) electrons. The zero-order valence-electron chi connectivity index (χ0n) is 30.9. The standard InChI is InChI=1S/C49H46N2O2/c1-36-10-18-41(19-11-36)50(42-20-12-37(2)13-21-42)45-26-30-47(31-27-45)52-35-49(34-40-8-6-5-7-9-40)53-48-32-28-46(29-33-48)51(43-22-14-38(3)15-23-43)44-24-16-39(4)17-25-44/h5-33,49H,34-35H2,1-4H3. The van der Waals surface area contributed by atoms with Crippen LogP contribution in [-0.4, -0.2) is 12.7 Å². The van der Waals surface area contributed by atoms with Crippen LogP contribution in [0.4, 0.5) is 34.1 Å². The van der Waals surface area contributed by atoms with Crippen LogP contribution in [0.2, 0.25) is 0 Å². The van der Waals surface area contributed by atoms with Crippen LogP contribution in [0.1, 0.15) is 27.8 Å². The van der Waals surface area contributed by atoms with Gasteiger partial charge in [-0.1, -0.05) is 101 Å². The molecule has 0 heterocycles. The first-order chi connectivity index (χ1) is 25.9. The molecule has 7 aromatic rings. The van der Waals surface area contributed by atoms with E-state index >= 15 is 0 Å². The van der Waals surface area contributed by atoms with Crippen molar-refractivity contribution in [2.45, 2.75) is 40.2 Å². The summed E-state index contributed by atoms with van der Waals surface area (Å²) < 4.78 is 13.1. The van der Waals surface area contributed by atoms with E-state index in [-0.39, 0.29) is 6.10 Å². The van der Waals surface area contributed by atoms with Crippen LogP contribution < -0.4 is 19.3 Å². The summed E-state index contributed by atoms with van der Waals surface area (Å²) in [6, 6.07) is 61.7. The summed E-state index contributed by atoms with van der Waals surface area (Å²) in [7, 11) is 0. The molecule has 0 bridgehead atoms. The molecule has 4 nitrogen and oxygen atoms in total. The van der Waals surface area contributed by atoms with Crippen molar-refractivity contribution in [1.82, 2.24) is 0 Å². The molecule has 0 aliphatic rings. The van der Waals surface area contributed by atoms with Crippen LogP contribution in [0.3, 0.4) is 0 Å². The Morgan fingerprint density at radius 1 is 0.377 bits per heavy atom. The quantitative estimate of drug-likeness (QED) is 0.120. The molecule has 0 aliphatic carbocycles. The van der Waals surface area contributed by atoms with Crippen molar-refractivity contribution in [3.8, 4) is 11.5 Å². The van der Waals surface area contributed by atoms with Gasteiger partial charge < -0.3 is 19.3 Å². The summed E-state index contributed by atoms with van der Waals surface area (Å²) in [4.78, 5) is 4.54. The zero-order valence-corrected chi connectivity index (χ0v) is 30.9. The van der Waals surface area contributed by atoms with Gasteiger partial charge in [0.25, 0.3) is 0 Å². The van der Waals surface area contributed by atoms with Gasteiger partial charge >= 0.3 is 0 Å². The topological polar surface area (TPSA) is 24.9 Å². The maximum atomic E-state index is 6.66. The van der Waals surface area contributed by atoms with Gasteiger partial charge in [-0.05, 0) is 130 Å². The molecule has 7 aromatic carbocycles. The van der Waals surface area contributed by atoms with E-state index in [0.717, 1.165) is 45.6 Å². The normalized spacial score (nSPS) is 11.5. The van der Waals surface area contributed by atoms with Crippen molar-refractivity contribution >= 4 is 34.1 Å². The summed E-state index contributed by atoms with van der Waals surface area (Å²) in [5, 5.41) is 0. The largest absolute Gasteiger partial charge is 0.490 e. The summed E-state index contributed by atoms with van der Waals surface area (Å²) in [5.74, 6) is 1.60. The smallest absolute Gasteiger partial charge is 0.137 e. The van der Waals surface area contributed by atoms with E-state index in [2.05, 4.69) is 195 Å². The Morgan fingerprint density at radius 3 is 1.06 bits per heavy atom. The predicted molar refractivity (Wildman–Crippen MR) is 221 cm³/mol. The SMILES string of the molecule is Cc1ccc(N(c2ccc(C)cc2)c2ccc(OCC(Cc3ccccc3)Oc3ccc(N(c4ccc(C)cc4)c4ccc(C)cc4)cc3)cc2)cc1. The lowest BCUT2D eigenvalue weighted by atomic mass is 10.1. The third kappa shape index (κ3) is 8.98. The molecular weight excluding hydrogens is 649 g/mol. The Morgan fingerprint density at radius 2 is 0.698 bits per heavy atom. The monoisotopic (exact) mass is 694 g/mol. The van der Waals surface area contributed by atoms with Crippen molar-refractivity contribution in [3.63, 3.8) is 0 Å². The number of hydrogen-bond acceptors (Lipinski definition) is 4. The molecule has 0 saturated heterocycles. The third-order valence-corrected chi connectivity index (χ3v) is 9.40. The van der Waals surface area contributed by atoms with Crippen LogP contribution >= 0.6 is 0 Å². The molecule has 4 heteroatoms. The number of nitrogens with zero attached hydrogens (tertiary/aromatic N) is 2. The Kier molecular flexibility index (Phi) is 10.9. The summed E-state index contributed by atoms with van der Waals surface area (Å²) in [5.41, 5.74) is 12.7. The van der Waals surface area contributed by atoms with E-state index in [1.54, 1.807) is 0 Å². The van der Waals surface area contributed by atoms with Crippen molar-refractivity contribution in [2.75, 3.05) is 16.4 Å². The summed E-state index contributed by atoms with van der Waals surface area (Å²) in [6.45, 7) is 8.85. The second-order valence-electron chi connectivity index (χ2n) is 13.7. The van der Waals surface area contributed by atoms with Crippen molar-refractivity contribution < 1.29 is 9.47 Å². The molecule has 0 aliphatic heterocycles. The first-order valence-electron chi connectivity index (χ1n) is 18.3. The number of hydrogen-bond donors (Lipinski definition) is 0. The molecule has 0 spiro atoms. The highest BCUT2D eigenvalue weighted by atomic mass is 16.5. The molecule has 0 aromatic heterocycles. The van der Waals surface area contributed by atoms with Crippen molar-refractivity contribution in [3.05, 3.63) is 204 Å². The molecule has 53 heavy (non-hydrogen) atoms. The average molecular weight is 695 g/mol. The zero-order chi connectivity index (χ0) is 36.6. The fourth-order valence-electron chi connectivity index (χ4n) is 6.43. The molecule has 1 atom stereocenters. The Balaban J connectivity index is 1.09. The van der Waals surface area contributed by atoms with Gasteiger partial charge in [-0.15, -0.1) is 0 Å². The van der Waals surface area contributed by atoms with E-state index < -0.39 is 0 Å². The lowest BCUT2D eigenvalue weighted by Crippen LogP contribution is -2.27. The molecular formula is C49H46N2O2. The number of ether oxygens (including phenoxy) is 2. The van der Waals surface area contributed by atoms with E-state index in [0.29, 0.717) is 13.0 Å². The lowest BCUT2D eigenvalue weighted by Gasteiger charge is -2.26. The number of aryl methyl sites for hydroxylation is 4. The van der Waals surface area contributed by atoms with E-state index in [1.807, 2.05) is 18.2 Å². The molecule has 264 valence electrons. The van der Waals surface area contributed by atoms with Gasteiger partial charge in [-0.2, -0.15) is 0 Å². The highest BCUT2D eigenvalue weighted by Gasteiger charge is 2.17. The van der Waals surface area contributed by atoms with Gasteiger partial charge in [-0.25, -0.2) is 0 Å².